The summed E-state index contributed by atoms with van der Waals surface area (Å²) < 4.78 is 26.6. The second-order valence-corrected chi connectivity index (χ2v) is 6.44. The highest BCUT2D eigenvalue weighted by atomic mass is 32.2. The molecule has 1 saturated heterocycles. The van der Waals surface area contributed by atoms with Gasteiger partial charge in [-0.2, -0.15) is 0 Å². The van der Waals surface area contributed by atoms with Crippen molar-refractivity contribution in [3.8, 4) is 0 Å². The number of allylic oxidation sites excluding steroid dienone is 3. The predicted octanol–water partition coefficient (Wildman–Crippen LogP) is 2.89. The summed E-state index contributed by atoms with van der Waals surface area (Å²) in [7, 11) is -0.761. The first kappa shape index (κ1) is 13.8. The van der Waals surface area contributed by atoms with Crippen LogP contribution in [0.5, 0.6) is 0 Å². The van der Waals surface area contributed by atoms with Gasteiger partial charge in [-0.3, -0.25) is 0 Å². The average molecular weight is 272 g/mol. The fourth-order valence-corrected chi connectivity index (χ4v) is 2.74. The molecule has 2 heterocycles. The van der Waals surface area contributed by atoms with E-state index in [2.05, 4.69) is 0 Å². The lowest BCUT2D eigenvalue weighted by molar-refractivity contribution is -0.143. The van der Waals surface area contributed by atoms with Gasteiger partial charge in [0.05, 0.1) is 6.61 Å². The van der Waals surface area contributed by atoms with E-state index < -0.39 is 16.6 Å². The average Bonchev–Trinajstić information content (AvgIpc) is 2.65. The summed E-state index contributed by atoms with van der Waals surface area (Å²) in [6.07, 6.45) is 1.79. The van der Waals surface area contributed by atoms with Crippen molar-refractivity contribution in [3.05, 3.63) is 22.3 Å². The summed E-state index contributed by atoms with van der Waals surface area (Å²) in [5.41, 5.74) is 1.00. The highest BCUT2D eigenvalue weighted by Crippen LogP contribution is 2.31. The second-order valence-electron chi connectivity index (χ2n) is 4.92. The molecule has 18 heavy (non-hydrogen) atoms. The Kier molecular flexibility index (Phi) is 3.96. The third-order valence-corrected chi connectivity index (χ3v) is 4.38. The van der Waals surface area contributed by atoms with Gasteiger partial charge in [-0.15, -0.1) is 0 Å². The summed E-state index contributed by atoms with van der Waals surface area (Å²) in [4.78, 5) is 0.955. The topological polar surface area (TPSA) is 47.9 Å². The lowest BCUT2D eigenvalue weighted by Crippen LogP contribution is -2.24. The molecule has 0 radical (unpaired) electrons. The van der Waals surface area contributed by atoms with Crippen molar-refractivity contribution in [2.75, 3.05) is 13.2 Å². The maximum Gasteiger partial charge on any atom is 0.163 e. The van der Waals surface area contributed by atoms with E-state index in [0.29, 0.717) is 13.2 Å². The fraction of sp³-hybridized carbons (Fsp3) is 0.615. The van der Waals surface area contributed by atoms with Crippen LogP contribution in [0.1, 0.15) is 27.7 Å². The molecule has 0 aliphatic carbocycles. The van der Waals surface area contributed by atoms with Crippen LogP contribution in [0.2, 0.25) is 0 Å². The highest BCUT2D eigenvalue weighted by Gasteiger charge is 2.33. The minimum atomic E-state index is -0.761. The summed E-state index contributed by atoms with van der Waals surface area (Å²) in [5, 5.41) is 1.76. The van der Waals surface area contributed by atoms with Crippen molar-refractivity contribution in [2.45, 2.75) is 39.6 Å². The third kappa shape index (κ3) is 3.03. The van der Waals surface area contributed by atoms with Gasteiger partial charge in [0.15, 0.2) is 5.79 Å². The Morgan fingerprint density at radius 2 is 2.22 bits per heavy atom. The van der Waals surface area contributed by atoms with Gasteiger partial charge in [0.2, 0.25) is 0 Å². The first-order valence-electron chi connectivity index (χ1n) is 5.99. The summed E-state index contributed by atoms with van der Waals surface area (Å²) in [6, 6.07) is 0. The van der Waals surface area contributed by atoms with Gasteiger partial charge in [0.1, 0.15) is 18.5 Å². The first-order chi connectivity index (χ1) is 8.39. The number of hydrogen-bond acceptors (Lipinski definition) is 4. The third-order valence-electron chi connectivity index (χ3n) is 3.05. The second kappa shape index (κ2) is 5.17. The van der Waals surface area contributed by atoms with Gasteiger partial charge < -0.3 is 18.8 Å². The Morgan fingerprint density at radius 3 is 2.83 bits per heavy atom. The summed E-state index contributed by atoms with van der Waals surface area (Å²) >= 11 is 0. The molecule has 1 N–H and O–H groups in total. The van der Waals surface area contributed by atoms with Crippen LogP contribution >= 0.6 is 10.8 Å². The molecule has 0 amide bonds. The molecule has 0 aromatic carbocycles. The van der Waals surface area contributed by atoms with Gasteiger partial charge in [-0.05, 0) is 49.9 Å². The van der Waals surface area contributed by atoms with Crippen molar-refractivity contribution >= 4 is 16.1 Å². The minimum absolute atomic E-state index is 0.0386. The first-order valence-corrected chi connectivity index (χ1v) is 7.23. The smallest absolute Gasteiger partial charge is 0.163 e. The van der Waals surface area contributed by atoms with Crippen LogP contribution in [0, 0.1) is 0 Å². The van der Waals surface area contributed by atoms with E-state index in [1.807, 2.05) is 33.8 Å². The molecule has 0 aromatic rings. The molecule has 2 atom stereocenters. The van der Waals surface area contributed by atoms with Crippen LogP contribution in [0.4, 0.5) is 0 Å². The van der Waals surface area contributed by atoms with E-state index in [1.165, 1.54) is 0 Å². The summed E-state index contributed by atoms with van der Waals surface area (Å²) in [5.74, 6) is 0.290. The fourth-order valence-electron chi connectivity index (χ4n) is 1.87. The molecule has 2 rings (SSSR count). The van der Waals surface area contributed by atoms with E-state index >= 15 is 0 Å². The van der Waals surface area contributed by atoms with Crippen LogP contribution in [-0.2, 0) is 14.2 Å². The Balaban J connectivity index is 1.93. The largest absolute Gasteiger partial charge is 0.490 e. The number of hydrogen-bond donors (Lipinski definition) is 1. The number of ether oxygens (including phenoxy) is 3. The molecule has 5 heteroatoms. The number of rotatable bonds is 3. The van der Waals surface area contributed by atoms with Gasteiger partial charge in [0, 0.05) is 10.5 Å². The predicted molar refractivity (Wildman–Crippen MR) is 73.6 cm³/mol. The van der Waals surface area contributed by atoms with Crippen LogP contribution < -0.4 is 0 Å². The van der Waals surface area contributed by atoms with Crippen molar-refractivity contribution < 1.29 is 18.8 Å². The molecule has 1 fully saturated rings. The van der Waals surface area contributed by atoms with E-state index in [1.54, 1.807) is 5.37 Å². The summed E-state index contributed by atoms with van der Waals surface area (Å²) in [6.45, 7) is 8.69. The van der Waals surface area contributed by atoms with E-state index in [0.717, 1.165) is 16.2 Å². The van der Waals surface area contributed by atoms with E-state index in [4.69, 9.17) is 14.2 Å². The quantitative estimate of drug-likeness (QED) is 0.803. The van der Waals surface area contributed by atoms with Gasteiger partial charge in [-0.25, -0.2) is 0 Å². The molecule has 0 aromatic heterocycles. The molecule has 4 nitrogen and oxygen atoms in total. The Hall–Kier alpha value is -0.620. The van der Waals surface area contributed by atoms with Crippen LogP contribution in [0.3, 0.4) is 0 Å². The maximum atomic E-state index is 9.68. The molecule has 0 bridgehead atoms. The Labute approximate surface area is 110 Å². The minimum Gasteiger partial charge on any atom is -0.490 e. The van der Waals surface area contributed by atoms with Crippen LogP contribution in [-0.4, -0.2) is 35.0 Å². The molecule has 102 valence electrons. The normalized spacial score (nSPS) is 31.1. The molecular formula is C13H20O4S. The van der Waals surface area contributed by atoms with Crippen molar-refractivity contribution in [1.82, 2.24) is 0 Å². The van der Waals surface area contributed by atoms with Gasteiger partial charge >= 0.3 is 0 Å². The molecule has 2 aliphatic rings. The van der Waals surface area contributed by atoms with E-state index in [-0.39, 0.29) is 6.10 Å². The molecule has 2 aliphatic heterocycles. The van der Waals surface area contributed by atoms with Crippen molar-refractivity contribution in [2.24, 2.45) is 0 Å². The molecular weight excluding hydrogens is 252 g/mol. The molecule has 1 unspecified atom stereocenters. The Morgan fingerprint density at radius 1 is 1.50 bits per heavy atom. The zero-order valence-electron chi connectivity index (χ0n) is 11.2. The van der Waals surface area contributed by atoms with Gasteiger partial charge in [0.25, 0.3) is 0 Å². The highest BCUT2D eigenvalue weighted by molar-refractivity contribution is 8.13. The maximum absolute atomic E-state index is 9.68. The molecule has 0 saturated carbocycles. The van der Waals surface area contributed by atoms with Gasteiger partial charge in [-0.1, -0.05) is 0 Å². The zero-order valence-corrected chi connectivity index (χ0v) is 12.0. The van der Waals surface area contributed by atoms with E-state index in [9.17, 15) is 4.55 Å². The van der Waals surface area contributed by atoms with Crippen LogP contribution in [0.15, 0.2) is 22.3 Å². The van der Waals surface area contributed by atoms with Crippen molar-refractivity contribution in [3.63, 3.8) is 0 Å². The SMILES string of the molecule is CC1=C(C)S(O)=CC=C1OC[C@@H]1COC(C)(C)O1. The van der Waals surface area contributed by atoms with Crippen molar-refractivity contribution in [1.29, 1.82) is 0 Å². The lowest BCUT2D eigenvalue weighted by atomic mass is 10.2. The standard InChI is InChI=1S/C13H20O4S/c1-9-10(2)18(14)6-5-12(9)15-7-11-8-16-13(3,4)17-11/h5-6,11,14H,7-8H2,1-4H3/t11-,18?/m1/s1. The van der Waals surface area contributed by atoms with Crippen LogP contribution in [0.25, 0.3) is 0 Å². The molecule has 0 spiro atoms. The zero-order chi connectivity index (χ0) is 13.3. The monoisotopic (exact) mass is 272 g/mol. The Bertz CT molecular complexity index is 434. The lowest BCUT2D eigenvalue weighted by Gasteiger charge is -2.20.